The van der Waals surface area contributed by atoms with E-state index in [2.05, 4.69) is 31.4 Å². The molecule has 0 spiro atoms. The van der Waals surface area contributed by atoms with Crippen molar-refractivity contribution in [2.24, 2.45) is 17.2 Å². The number of nitrogens with zero attached hydrogens (tertiary/aromatic N) is 1. The maximum atomic E-state index is 6.03. The summed E-state index contributed by atoms with van der Waals surface area (Å²) in [5.74, 6) is 7.16. The maximum absolute atomic E-state index is 6.03. The van der Waals surface area contributed by atoms with Gasteiger partial charge in [-0.25, -0.2) is 0 Å². The molecule has 0 aliphatic heterocycles. The van der Waals surface area contributed by atoms with Crippen molar-refractivity contribution < 1.29 is 0 Å². The first kappa shape index (κ1) is 15.0. The lowest BCUT2D eigenvalue weighted by atomic mass is 9.62. The summed E-state index contributed by atoms with van der Waals surface area (Å²) in [7, 11) is 0. The minimum atomic E-state index is 0.356. The van der Waals surface area contributed by atoms with Crippen LogP contribution < -0.4 is 11.3 Å². The van der Waals surface area contributed by atoms with Crippen LogP contribution in [0.25, 0.3) is 0 Å². The van der Waals surface area contributed by atoms with Crippen molar-refractivity contribution in [1.29, 1.82) is 0 Å². The standard InChI is InChI=1S/C18H29N3/c1-18(2)11-4-3-10-15(18)17(21-19)14-9-5-7-13-8-6-12-20-16(13)14/h6,8,12,14-15,17,21H,3-5,7,9-11,19H2,1-2H3. The zero-order valence-electron chi connectivity index (χ0n) is 13.4. The molecule has 2 aliphatic rings. The van der Waals surface area contributed by atoms with E-state index >= 15 is 0 Å². The second-order valence-electron chi connectivity index (χ2n) is 7.58. The first-order valence-electron chi connectivity index (χ1n) is 8.53. The number of hydrogen-bond acceptors (Lipinski definition) is 3. The van der Waals surface area contributed by atoms with Crippen LogP contribution in [0.3, 0.4) is 0 Å². The smallest absolute Gasteiger partial charge is 0.0482 e. The molecule has 2 aliphatic carbocycles. The fourth-order valence-electron chi connectivity index (χ4n) is 4.69. The Hall–Kier alpha value is -0.930. The van der Waals surface area contributed by atoms with Gasteiger partial charge in [-0.1, -0.05) is 32.8 Å². The molecule has 1 heterocycles. The van der Waals surface area contributed by atoms with Crippen LogP contribution in [0.1, 0.15) is 69.5 Å². The number of pyridine rings is 1. The molecule has 0 aromatic carbocycles. The summed E-state index contributed by atoms with van der Waals surface area (Å²) in [6.07, 6.45) is 10.9. The normalized spacial score (nSPS) is 29.7. The third kappa shape index (κ3) is 2.86. The van der Waals surface area contributed by atoms with Gasteiger partial charge in [-0.3, -0.25) is 16.3 Å². The molecular weight excluding hydrogens is 258 g/mol. The molecular formula is C18H29N3. The Morgan fingerprint density at radius 3 is 2.90 bits per heavy atom. The zero-order valence-corrected chi connectivity index (χ0v) is 13.4. The van der Waals surface area contributed by atoms with Crippen LogP contribution in [0.2, 0.25) is 0 Å². The van der Waals surface area contributed by atoms with Crippen LogP contribution in [0, 0.1) is 11.3 Å². The second-order valence-corrected chi connectivity index (χ2v) is 7.58. The molecule has 1 fully saturated rings. The van der Waals surface area contributed by atoms with Crippen molar-refractivity contribution in [3.8, 4) is 0 Å². The van der Waals surface area contributed by atoms with Gasteiger partial charge in [0.15, 0.2) is 0 Å². The van der Waals surface area contributed by atoms with E-state index < -0.39 is 0 Å². The molecule has 0 radical (unpaired) electrons. The number of fused-ring (bicyclic) bond motifs is 1. The van der Waals surface area contributed by atoms with Crippen molar-refractivity contribution in [1.82, 2.24) is 10.4 Å². The molecule has 3 atom stereocenters. The van der Waals surface area contributed by atoms with Crippen molar-refractivity contribution in [2.45, 2.75) is 70.8 Å². The van der Waals surface area contributed by atoms with Crippen LogP contribution in [0.15, 0.2) is 18.3 Å². The Morgan fingerprint density at radius 1 is 1.29 bits per heavy atom. The molecule has 3 heteroatoms. The molecule has 3 rings (SSSR count). The van der Waals surface area contributed by atoms with Gasteiger partial charge in [0, 0.05) is 23.9 Å². The molecule has 1 aromatic heterocycles. The molecule has 3 nitrogen and oxygen atoms in total. The highest BCUT2D eigenvalue weighted by Crippen LogP contribution is 2.46. The van der Waals surface area contributed by atoms with Gasteiger partial charge < -0.3 is 0 Å². The van der Waals surface area contributed by atoms with Crippen molar-refractivity contribution in [3.63, 3.8) is 0 Å². The summed E-state index contributed by atoms with van der Waals surface area (Å²) < 4.78 is 0. The molecule has 116 valence electrons. The summed E-state index contributed by atoms with van der Waals surface area (Å²) in [6.45, 7) is 4.84. The largest absolute Gasteiger partial charge is 0.271 e. The summed E-state index contributed by atoms with van der Waals surface area (Å²) in [6, 6.07) is 4.67. The number of nitrogens with two attached hydrogens (primary N) is 1. The molecule has 3 N–H and O–H groups in total. The van der Waals surface area contributed by atoms with E-state index in [0.717, 1.165) is 0 Å². The maximum Gasteiger partial charge on any atom is 0.0482 e. The van der Waals surface area contributed by atoms with E-state index in [1.165, 1.54) is 56.2 Å². The predicted molar refractivity (Wildman–Crippen MR) is 86.8 cm³/mol. The third-order valence-electron chi connectivity index (χ3n) is 5.89. The van der Waals surface area contributed by atoms with E-state index in [1.807, 2.05) is 6.20 Å². The van der Waals surface area contributed by atoms with Gasteiger partial charge in [-0.15, -0.1) is 0 Å². The van der Waals surface area contributed by atoms with Crippen LogP contribution >= 0.6 is 0 Å². The Balaban J connectivity index is 1.90. The van der Waals surface area contributed by atoms with E-state index in [4.69, 9.17) is 10.8 Å². The average molecular weight is 287 g/mol. The quantitative estimate of drug-likeness (QED) is 0.660. The number of aryl methyl sites for hydroxylation is 1. The Morgan fingerprint density at radius 2 is 2.14 bits per heavy atom. The lowest BCUT2D eigenvalue weighted by molar-refractivity contribution is 0.0833. The molecule has 3 unspecified atom stereocenters. The Kier molecular flexibility index (Phi) is 4.32. The first-order valence-corrected chi connectivity index (χ1v) is 8.53. The highest BCUT2D eigenvalue weighted by atomic mass is 15.2. The van der Waals surface area contributed by atoms with Crippen LogP contribution in [-0.4, -0.2) is 11.0 Å². The molecule has 0 bridgehead atoms. The zero-order chi connectivity index (χ0) is 14.9. The van der Waals surface area contributed by atoms with Gasteiger partial charge >= 0.3 is 0 Å². The fraction of sp³-hybridized carbons (Fsp3) is 0.722. The van der Waals surface area contributed by atoms with Gasteiger partial charge in [0.05, 0.1) is 0 Å². The lowest BCUT2D eigenvalue weighted by Gasteiger charge is -2.46. The van der Waals surface area contributed by atoms with Crippen LogP contribution in [0.4, 0.5) is 0 Å². The molecule has 21 heavy (non-hydrogen) atoms. The van der Waals surface area contributed by atoms with Crippen molar-refractivity contribution in [3.05, 3.63) is 29.6 Å². The Labute approximate surface area is 128 Å². The number of aromatic nitrogens is 1. The first-order chi connectivity index (χ1) is 10.1. The SMILES string of the molecule is CC1(C)CCCCC1C(NN)C1CCCc2cccnc21. The van der Waals surface area contributed by atoms with Gasteiger partial charge in [0.2, 0.25) is 0 Å². The number of rotatable bonds is 3. The minimum absolute atomic E-state index is 0.356. The van der Waals surface area contributed by atoms with Crippen LogP contribution in [-0.2, 0) is 6.42 Å². The van der Waals surface area contributed by atoms with Gasteiger partial charge in [0.25, 0.3) is 0 Å². The van der Waals surface area contributed by atoms with E-state index in [0.29, 0.717) is 23.3 Å². The summed E-state index contributed by atoms with van der Waals surface area (Å²) in [4.78, 5) is 4.72. The average Bonchev–Trinajstić information content (AvgIpc) is 2.49. The van der Waals surface area contributed by atoms with Crippen LogP contribution in [0.5, 0.6) is 0 Å². The van der Waals surface area contributed by atoms with Gasteiger partial charge in [-0.2, -0.15) is 0 Å². The predicted octanol–water partition coefficient (Wildman–Crippen LogP) is 3.55. The lowest BCUT2D eigenvalue weighted by Crippen LogP contribution is -2.51. The van der Waals surface area contributed by atoms with E-state index in [1.54, 1.807) is 0 Å². The van der Waals surface area contributed by atoms with E-state index in [9.17, 15) is 0 Å². The highest BCUT2D eigenvalue weighted by molar-refractivity contribution is 5.27. The monoisotopic (exact) mass is 287 g/mol. The second kappa shape index (κ2) is 6.05. The summed E-state index contributed by atoms with van der Waals surface area (Å²) in [5, 5.41) is 0. The fourth-order valence-corrected chi connectivity index (χ4v) is 4.69. The van der Waals surface area contributed by atoms with Gasteiger partial charge in [-0.05, 0) is 55.1 Å². The number of hydrogen-bond donors (Lipinski definition) is 2. The summed E-state index contributed by atoms with van der Waals surface area (Å²) in [5.41, 5.74) is 6.31. The number of hydrazine groups is 1. The third-order valence-corrected chi connectivity index (χ3v) is 5.89. The van der Waals surface area contributed by atoms with Crippen molar-refractivity contribution in [2.75, 3.05) is 0 Å². The topological polar surface area (TPSA) is 50.9 Å². The molecule has 1 aromatic rings. The van der Waals surface area contributed by atoms with E-state index in [-0.39, 0.29) is 0 Å². The highest BCUT2D eigenvalue weighted by Gasteiger charge is 2.42. The van der Waals surface area contributed by atoms with Crippen molar-refractivity contribution >= 4 is 0 Å². The van der Waals surface area contributed by atoms with Gasteiger partial charge in [0.1, 0.15) is 0 Å². The molecule has 0 saturated heterocycles. The summed E-state index contributed by atoms with van der Waals surface area (Å²) >= 11 is 0. The molecule has 1 saturated carbocycles. The Bertz CT molecular complexity index is 483. The molecule has 0 amide bonds. The number of nitrogens with one attached hydrogen (secondary N) is 1. The minimum Gasteiger partial charge on any atom is -0.271 e.